The van der Waals surface area contributed by atoms with Crippen LogP contribution in [0.1, 0.15) is 11.1 Å². The van der Waals surface area contributed by atoms with Gasteiger partial charge >= 0.3 is 5.97 Å². The van der Waals surface area contributed by atoms with Crippen LogP contribution in [0.3, 0.4) is 0 Å². The zero-order chi connectivity index (χ0) is 16.7. The zero-order valence-corrected chi connectivity index (χ0v) is 13.3. The Hall–Kier alpha value is -2.53. The molecule has 0 aliphatic heterocycles. The molecule has 5 nitrogen and oxygen atoms in total. The Morgan fingerprint density at radius 3 is 2.43 bits per heavy atom. The van der Waals surface area contributed by atoms with Crippen LogP contribution in [0.25, 0.3) is 0 Å². The van der Waals surface area contributed by atoms with E-state index in [9.17, 15) is 4.79 Å². The van der Waals surface area contributed by atoms with Crippen LogP contribution in [0.2, 0.25) is 0 Å². The summed E-state index contributed by atoms with van der Waals surface area (Å²) in [5.41, 5.74) is 7.73. The molecule has 0 heterocycles. The van der Waals surface area contributed by atoms with Gasteiger partial charge in [0.05, 0.1) is 14.2 Å². The van der Waals surface area contributed by atoms with Crippen LogP contribution in [0.5, 0.6) is 11.5 Å². The third-order valence-corrected chi connectivity index (χ3v) is 3.42. The maximum atomic E-state index is 11.3. The number of methoxy groups -OCH3 is 2. The molecule has 2 aromatic carbocycles. The van der Waals surface area contributed by atoms with Crippen molar-refractivity contribution in [2.75, 3.05) is 14.2 Å². The average Bonchev–Trinajstić information content (AvgIpc) is 2.60. The van der Waals surface area contributed by atoms with E-state index in [1.165, 1.54) is 7.11 Å². The highest BCUT2D eigenvalue weighted by molar-refractivity contribution is 5.75. The molecule has 2 rings (SSSR count). The fraction of sp³-hybridized carbons (Fsp3) is 0.278. The summed E-state index contributed by atoms with van der Waals surface area (Å²) in [4.78, 5) is 11.3. The summed E-state index contributed by atoms with van der Waals surface area (Å²) in [6.45, 7) is 0.457. The van der Waals surface area contributed by atoms with Crippen molar-refractivity contribution in [1.29, 1.82) is 0 Å². The van der Waals surface area contributed by atoms with Gasteiger partial charge in [0, 0.05) is 0 Å². The van der Waals surface area contributed by atoms with Gasteiger partial charge in [-0.3, -0.25) is 4.79 Å². The van der Waals surface area contributed by atoms with Crippen molar-refractivity contribution in [3.8, 4) is 11.5 Å². The lowest BCUT2D eigenvalue weighted by Gasteiger charge is -2.11. The monoisotopic (exact) mass is 315 g/mol. The molecule has 0 fully saturated rings. The van der Waals surface area contributed by atoms with E-state index in [4.69, 9.17) is 15.2 Å². The van der Waals surface area contributed by atoms with Crippen LogP contribution < -0.4 is 15.2 Å². The normalized spacial score (nSPS) is 11.6. The minimum atomic E-state index is -0.649. The molecule has 0 spiro atoms. The van der Waals surface area contributed by atoms with Gasteiger partial charge in [-0.1, -0.05) is 24.3 Å². The van der Waals surface area contributed by atoms with E-state index in [2.05, 4.69) is 4.74 Å². The smallest absolute Gasteiger partial charge is 0.322 e. The second kappa shape index (κ2) is 8.19. The van der Waals surface area contributed by atoms with Gasteiger partial charge in [-0.2, -0.15) is 0 Å². The van der Waals surface area contributed by atoms with Gasteiger partial charge in [-0.25, -0.2) is 0 Å². The molecule has 2 N–H and O–H groups in total. The summed E-state index contributed by atoms with van der Waals surface area (Å²) >= 11 is 0. The van der Waals surface area contributed by atoms with Crippen LogP contribution in [-0.4, -0.2) is 26.2 Å². The largest absolute Gasteiger partial charge is 0.497 e. The molecule has 5 heteroatoms. The van der Waals surface area contributed by atoms with Crippen molar-refractivity contribution in [2.45, 2.75) is 19.1 Å². The van der Waals surface area contributed by atoms with Gasteiger partial charge in [0.25, 0.3) is 0 Å². The lowest BCUT2D eigenvalue weighted by Crippen LogP contribution is -2.33. The SMILES string of the molecule is COC(=O)C(N)Cc1ccc(OCc2cccc(OC)c2)cc1. The highest BCUT2D eigenvalue weighted by atomic mass is 16.5. The second-order valence-electron chi connectivity index (χ2n) is 5.12. The van der Waals surface area contributed by atoms with Crippen molar-refractivity contribution in [1.82, 2.24) is 0 Å². The van der Waals surface area contributed by atoms with Crippen molar-refractivity contribution in [3.05, 3.63) is 59.7 Å². The van der Waals surface area contributed by atoms with Gasteiger partial charge in [0.15, 0.2) is 0 Å². The van der Waals surface area contributed by atoms with E-state index >= 15 is 0 Å². The van der Waals surface area contributed by atoms with Gasteiger partial charge in [0.1, 0.15) is 24.1 Å². The predicted octanol–water partition coefficient (Wildman–Crippen LogP) is 2.32. The number of rotatable bonds is 7. The summed E-state index contributed by atoms with van der Waals surface area (Å²) in [6, 6.07) is 14.6. The van der Waals surface area contributed by atoms with Crippen molar-refractivity contribution >= 4 is 5.97 Å². The number of ether oxygens (including phenoxy) is 3. The third-order valence-electron chi connectivity index (χ3n) is 3.42. The first kappa shape index (κ1) is 16.8. The van der Waals surface area contributed by atoms with Gasteiger partial charge in [-0.05, 0) is 41.8 Å². The molecule has 0 aromatic heterocycles. The number of esters is 1. The van der Waals surface area contributed by atoms with E-state index in [1.807, 2.05) is 48.5 Å². The number of benzene rings is 2. The van der Waals surface area contributed by atoms with Crippen LogP contribution in [0.4, 0.5) is 0 Å². The Morgan fingerprint density at radius 2 is 1.78 bits per heavy atom. The Labute approximate surface area is 136 Å². The first-order chi connectivity index (χ1) is 11.1. The molecule has 1 atom stereocenters. The molecule has 0 amide bonds. The number of hydrogen-bond acceptors (Lipinski definition) is 5. The first-order valence-corrected chi connectivity index (χ1v) is 7.30. The number of nitrogens with two attached hydrogens (primary N) is 1. The summed E-state index contributed by atoms with van der Waals surface area (Å²) in [5, 5.41) is 0. The number of carbonyl (C=O) groups is 1. The Kier molecular flexibility index (Phi) is 6.00. The Bertz CT molecular complexity index is 640. The zero-order valence-electron chi connectivity index (χ0n) is 13.3. The maximum Gasteiger partial charge on any atom is 0.322 e. The maximum absolute atomic E-state index is 11.3. The standard InChI is InChI=1S/C18H21NO4/c1-21-16-5-3-4-14(10-16)12-23-15-8-6-13(7-9-15)11-17(19)18(20)22-2/h3-10,17H,11-12,19H2,1-2H3. The predicted molar refractivity (Wildman–Crippen MR) is 87.5 cm³/mol. The van der Waals surface area contributed by atoms with E-state index in [0.717, 1.165) is 22.6 Å². The lowest BCUT2D eigenvalue weighted by molar-refractivity contribution is -0.142. The summed E-state index contributed by atoms with van der Waals surface area (Å²) in [7, 11) is 2.97. The first-order valence-electron chi connectivity index (χ1n) is 7.30. The molecule has 0 radical (unpaired) electrons. The summed E-state index contributed by atoms with van der Waals surface area (Å²) in [6.07, 6.45) is 0.433. The van der Waals surface area contributed by atoms with Crippen LogP contribution in [0.15, 0.2) is 48.5 Å². The molecule has 0 aliphatic rings. The third kappa shape index (κ3) is 5.00. The van der Waals surface area contributed by atoms with Crippen molar-refractivity contribution in [3.63, 3.8) is 0 Å². The average molecular weight is 315 g/mol. The Balaban J connectivity index is 1.90. The topological polar surface area (TPSA) is 70.8 Å². The van der Waals surface area contributed by atoms with Crippen LogP contribution >= 0.6 is 0 Å². The lowest BCUT2D eigenvalue weighted by atomic mass is 10.1. The fourth-order valence-electron chi connectivity index (χ4n) is 2.14. The van der Waals surface area contributed by atoms with Gasteiger partial charge < -0.3 is 19.9 Å². The highest BCUT2D eigenvalue weighted by Crippen LogP contribution is 2.17. The molecular formula is C18H21NO4. The second-order valence-corrected chi connectivity index (χ2v) is 5.12. The highest BCUT2D eigenvalue weighted by Gasteiger charge is 2.14. The fourth-order valence-corrected chi connectivity index (χ4v) is 2.14. The van der Waals surface area contributed by atoms with Crippen LogP contribution in [0, 0.1) is 0 Å². The van der Waals surface area contributed by atoms with E-state index in [0.29, 0.717) is 13.0 Å². The minimum absolute atomic E-state index is 0.414. The van der Waals surface area contributed by atoms with Crippen molar-refractivity contribution in [2.24, 2.45) is 5.73 Å². The van der Waals surface area contributed by atoms with Crippen molar-refractivity contribution < 1.29 is 19.0 Å². The minimum Gasteiger partial charge on any atom is -0.497 e. The molecule has 0 saturated heterocycles. The molecule has 0 aliphatic carbocycles. The molecular weight excluding hydrogens is 294 g/mol. The van der Waals surface area contributed by atoms with E-state index in [-0.39, 0.29) is 0 Å². The Morgan fingerprint density at radius 1 is 1.04 bits per heavy atom. The number of carbonyl (C=O) groups excluding carboxylic acids is 1. The molecule has 0 saturated carbocycles. The van der Waals surface area contributed by atoms with Gasteiger partial charge in [-0.15, -0.1) is 0 Å². The van der Waals surface area contributed by atoms with Crippen LogP contribution in [-0.2, 0) is 22.6 Å². The van der Waals surface area contributed by atoms with E-state index in [1.54, 1.807) is 7.11 Å². The quantitative estimate of drug-likeness (QED) is 0.794. The molecule has 122 valence electrons. The molecule has 2 aromatic rings. The molecule has 23 heavy (non-hydrogen) atoms. The van der Waals surface area contributed by atoms with Gasteiger partial charge in [0.2, 0.25) is 0 Å². The summed E-state index contributed by atoms with van der Waals surface area (Å²) in [5.74, 6) is 1.14. The molecule has 0 bridgehead atoms. The van der Waals surface area contributed by atoms with E-state index < -0.39 is 12.0 Å². The summed E-state index contributed by atoms with van der Waals surface area (Å²) < 4.78 is 15.5. The molecule has 1 unspecified atom stereocenters. The number of hydrogen-bond donors (Lipinski definition) is 1.